The van der Waals surface area contributed by atoms with Gasteiger partial charge in [0.15, 0.2) is 0 Å². The van der Waals surface area contributed by atoms with Gasteiger partial charge in [-0.25, -0.2) is 0 Å². The molecule has 5 heteroatoms. The third-order valence-electron chi connectivity index (χ3n) is 1.48. The molecule has 0 aliphatic carbocycles. The second kappa shape index (κ2) is 4.57. The van der Waals surface area contributed by atoms with Crippen LogP contribution in [-0.2, 0) is 20.3 Å². The molecule has 1 N–H and O–H groups in total. The summed E-state index contributed by atoms with van der Waals surface area (Å²) in [5, 5.41) is 8.66. The number of carboxylic acid groups (broad SMARTS) is 1. The molecule has 0 heterocycles. The Bertz CT molecular complexity index is 188. The van der Waals surface area contributed by atoms with Crippen LogP contribution in [0.15, 0.2) is 0 Å². The van der Waals surface area contributed by atoms with Crippen LogP contribution in [-0.4, -0.2) is 32.6 Å². The number of aliphatic carboxylic acids is 1. The van der Waals surface area contributed by atoms with Gasteiger partial charge in [0.2, 0.25) is 0 Å². The Hall–Kier alpha value is -0.420. The fourth-order valence-corrected chi connectivity index (χ4v) is 1.21. The molecule has 0 saturated heterocycles. The van der Waals surface area contributed by atoms with Crippen molar-refractivity contribution in [2.45, 2.75) is 25.5 Å². The van der Waals surface area contributed by atoms with E-state index in [0.29, 0.717) is 6.61 Å². The lowest BCUT2D eigenvalue weighted by Crippen LogP contribution is -2.38. The topological polar surface area (TPSA) is 63.6 Å². The molecule has 0 fully saturated rings. The molecule has 12 heavy (non-hydrogen) atoms. The molecular weight excluding hydrogens is 180 g/mol. The Morgan fingerprint density at radius 3 is 2.42 bits per heavy atom. The molecular formula is C7H14O4S. The Balaban J connectivity index is 4.16. The van der Waals surface area contributed by atoms with Crippen LogP contribution in [0, 0.1) is 0 Å². The normalized spacial score (nSPS) is 14.2. The molecule has 0 aromatic carbocycles. The minimum atomic E-state index is -1.48. The summed E-state index contributed by atoms with van der Waals surface area (Å²) in [5.41, 5.74) is 0. The van der Waals surface area contributed by atoms with Gasteiger partial charge in [-0.3, -0.25) is 9.00 Å². The Kier molecular flexibility index (Phi) is 4.41. The maximum atomic E-state index is 11.3. The fraction of sp³-hybridized carbons (Fsp3) is 0.857. The van der Waals surface area contributed by atoms with E-state index in [0.717, 1.165) is 0 Å². The van der Waals surface area contributed by atoms with Crippen molar-refractivity contribution in [2.75, 3.05) is 12.5 Å². The average molecular weight is 194 g/mol. The van der Waals surface area contributed by atoms with Gasteiger partial charge < -0.3 is 9.84 Å². The lowest BCUT2D eigenvalue weighted by Gasteiger charge is -2.17. The van der Waals surface area contributed by atoms with Crippen LogP contribution in [0.25, 0.3) is 0 Å². The lowest BCUT2D eigenvalue weighted by molar-refractivity contribution is -0.139. The number of hydrogen-bond acceptors (Lipinski definition) is 3. The van der Waals surface area contributed by atoms with Crippen molar-refractivity contribution in [3.8, 4) is 0 Å². The smallest absolute Gasteiger partial charge is 0.321 e. The quantitative estimate of drug-likeness (QED) is 0.695. The second-order valence-electron chi connectivity index (χ2n) is 2.77. The Labute approximate surface area is 74.4 Å². The van der Waals surface area contributed by atoms with E-state index < -0.39 is 21.5 Å². The largest absolute Gasteiger partial charge is 0.480 e. The maximum absolute atomic E-state index is 11.3. The van der Waals surface area contributed by atoms with Gasteiger partial charge in [-0.2, -0.15) is 0 Å². The van der Waals surface area contributed by atoms with Crippen LogP contribution in [0.4, 0.5) is 0 Å². The van der Waals surface area contributed by atoms with Gasteiger partial charge >= 0.3 is 5.97 Å². The van der Waals surface area contributed by atoms with Gasteiger partial charge in [0.25, 0.3) is 0 Å². The maximum Gasteiger partial charge on any atom is 0.321 e. The van der Waals surface area contributed by atoms with Crippen molar-refractivity contribution in [1.82, 2.24) is 0 Å². The van der Waals surface area contributed by atoms with Crippen LogP contribution < -0.4 is 0 Å². The van der Waals surface area contributed by atoms with E-state index in [1.807, 2.05) is 0 Å². The Morgan fingerprint density at radius 2 is 2.08 bits per heavy atom. The van der Waals surface area contributed by atoms with Crippen LogP contribution in [0.5, 0.6) is 0 Å². The van der Waals surface area contributed by atoms with Gasteiger partial charge in [-0.05, 0) is 20.8 Å². The first-order valence-electron chi connectivity index (χ1n) is 3.62. The molecule has 72 valence electrons. The van der Waals surface area contributed by atoms with E-state index in [1.54, 1.807) is 6.92 Å². The summed E-state index contributed by atoms with van der Waals surface area (Å²) in [6.07, 6.45) is 0. The summed E-state index contributed by atoms with van der Waals surface area (Å²) in [6.45, 7) is 5.06. The van der Waals surface area contributed by atoms with Crippen molar-refractivity contribution in [1.29, 1.82) is 0 Å². The van der Waals surface area contributed by atoms with Gasteiger partial charge in [-0.15, -0.1) is 0 Å². The number of carboxylic acids is 1. The molecule has 0 rings (SSSR count). The monoisotopic (exact) mass is 194 g/mol. The number of hydrogen-bond donors (Lipinski definition) is 1. The first kappa shape index (κ1) is 11.6. The molecule has 0 aromatic heterocycles. The molecule has 0 aliphatic heterocycles. The van der Waals surface area contributed by atoms with E-state index >= 15 is 0 Å². The van der Waals surface area contributed by atoms with Crippen LogP contribution >= 0.6 is 0 Å². The van der Waals surface area contributed by atoms with Crippen LogP contribution in [0.1, 0.15) is 20.8 Å². The van der Waals surface area contributed by atoms with Crippen molar-refractivity contribution < 1.29 is 18.8 Å². The summed E-state index contributed by atoms with van der Waals surface area (Å²) in [5.74, 6) is -1.09. The molecule has 0 saturated carbocycles. The zero-order valence-corrected chi connectivity index (χ0v) is 8.31. The molecule has 0 aromatic rings. The minimum Gasteiger partial charge on any atom is -0.480 e. The summed E-state index contributed by atoms with van der Waals surface area (Å²) in [4.78, 5) is 10.6. The predicted molar refractivity (Wildman–Crippen MR) is 46.4 cm³/mol. The highest BCUT2D eigenvalue weighted by Gasteiger charge is 2.34. The first-order chi connectivity index (χ1) is 5.42. The van der Waals surface area contributed by atoms with Crippen LogP contribution in [0.3, 0.4) is 0 Å². The third kappa shape index (κ3) is 2.91. The summed E-state index contributed by atoms with van der Waals surface area (Å²) in [7, 11) is -1.48. The Morgan fingerprint density at radius 1 is 1.58 bits per heavy atom. The molecule has 4 nitrogen and oxygen atoms in total. The van der Waals surface area contributed by atoms with Gasteiger partial charge in [0.05, 0.1) is 10.8 Å². The first-order valence-corrected chi connectivity index (χ1v) is 4.94. The third-order valence-corrected chi connectivity index (χ3v) is 3.17. The molecule has 0 aliphatic rings. The van der Waals surface area contributed by atoms with Crippen molar-refractivity contribution >= 4 is 16.8 Å². The van der Waals surface area contributed by atoms with Crippen molar-refractivity contribution in [2.24, 2.45) is 0 Å². The second-order valence-corrected chi connectivity index (χ2v) is 4.72. The van der Waals surface area contributed by atoms with E-state index in [2.05, 4.69) is 0 Å². The van der Waals surface area contributed by atoms with E-state index in [9.17, 15) is 9.00 Å². The number of carbonyl (C=O) groups is 1. The molecule has 1 atom stereocenters. The molecule has 0 spiro atoms. The van der Waals surface area contributed by atoms with Crippen molar-refractivity contribution in [3.05, 3.63) is 0 Å². The number of ether oxygens (including phenoxy) is 1. The molecule has 0 amide bonds. The van der Waals surface area contributed by atoms with Crippen molar-refractivity contribution in [3.63, 3.8) is 0 Å². The molecule has 0 radical (unpaired) electrons. The fourth-order valence-electron chi connectivity index (χ4n) is 0.404. The standard InChI is InChI=1S/C7H14O4S/c1-4-11-5-12(10)7(2,3)6(8)9/h4-5H2,1-3H3,(H,8,9). The zero-order valence-electron chi connectivity index (χ0n) is 7.49. The minimum absolute atomic E-state index is 0.0181. The molecule has 0 bridgehead atoms. The van der Waals surface area contributed by atoms with E-state index in [4.69, 9.17) is 9.84 Å². The zero-order chi connectivity index (χ0) is 9.78. The summed E-state index contributed by atoms with van der Waals surface area (Å²) >= 11 is 0. The summed E-state index contributed by atoms with van der Waals surface area (Å²) in [6, 6.07) is 0. The number of rotatable bonds is 5. The van der Waals surface area contributed by atoms with Gasteiger partial charge in [-0.1, -0.05) is 0 Å². The summed E-state index contributed by atoms with van der Waals surface area (Å²) < 4.78 is 14.9. The van der Waals surface area contributed by atoms with Gasteiger partial charge in [0, 0.05) is 6.61 Å². The highest BCUT2D eigenvalue weighted by molar-refractivity contribution is 7.87. The lowest BCUT2D eigenvalue weighted by atomic mass is 10.2. The highest BCUT2D eigenvalue weighted by Crippen LogP contribution is 2.13. The predicted octanol–water partition coefficient (Wildman–Crippen LogP) is 0.592. The highest BCUT2D eigenvalue weighted by atomic mass is 32.2. The van der Waals surface area contributed by atoms with Crippen LogP contribution in [0.2, 0.25) is 0 Å². The van der Waals surface area contributed by atoms with E-state index in [1.165, 1.54) is 13.8 Å². The average Bonchev–Trinajstić information content (AvgIpc) is 1.99. The SMILES string of the molecule is CCOCS(=O)C(C)(C)C(=O)O. The molecule has 1 unspecified atom stereocenters. The van der Waals surface area contributed by atoms with E-state index in [-0.39, 0.29) is 5.94 Å². The van der Waals surface area contributed by atoms with Gasteiger partial charge in [0.1, 0.15) is 10.7 Å².